The lowest BCUT2D eigenvalue weighted by molar-refractivity contribution is 0.302. The molecule has 0 aliphatic heterocycles. The lowest BCUT2D eigenvalue weighted by atomic mass is 10.2. The molecule has 0 spiro atoms. The third kappa shape index (κ3) is 5.69. The average Bonchev–Trinajstić information content (AvgIpc) is 3.07. The predicted octanol–water partition coefficient (Wildman–Crippen LogP) is 3.11. The van der Waals surface area contributed by atoms with E-state index in [1.165, 1.54) is 10.4 Å². The van der Waals surface area contributed by atoms with Gasteiger partial charge in [0.05, 0.1) is 12.6 Å². The van der Waals surface area contributed by atoms with Crippen LogP contribution in [0, 0.1) is 0 Å². The molecule has 0 saturated carbocycles. The van der Waals surface area contributed by atoms with Crippen molar-refractivity contribution in [2.45, 2.75) is 19.5 Å². The zero-order chi connectivity index (χ0) is 16.5. The minimum Gasteiger partial charge on any atom is -0.357 e. The molecule has 2 aromatic rings. The number of rotatable bonds is 7. The van der Waals surface area contributed by atoms with Gasteiger partial charge >= 0.3 is 0 Å². The predicted molar refractivity (Wildman–Crippen MR) is 100 cm³/mol. The summed E-state index contributed by atoms with van der Waals surface area (Å²) in [6.07, 6.45) is 0. The molecular formula is C18H26N4S. The van der Waals surface area contributed by atoms with Gasteiger partial charge in [-0.15, -0.1) is 11.3 Å². The highest BCUT2D eigenvalue weighted by molar-refractivity contribution is 7.10. The molecule has 1 aromatic carbocycles. The van der Waals surface area contributed by atoms with Gasteiger partial charge in [0.15, 0.2) is 5.96 Å². The lowest BCUT2D eigenvalue weighted by Crippen LogP contribution is -2.41. The maximum absolute atomic E-state index is 4.68. The molecule has 1 atom stereocenters. The quantitative estimate of drug-likeness (QED) is 0.605. The number of thiophene rings is 1. The van der Waals surface area contributed by atoms with Gasteiger partial charge in [0, 0.05) is 18.0 Å². The molecule has 5 heteroatoms. The molecular weight excluding hydrogens is 304 g/mol. The smallest absolute Gasteiger partial charge is 0.191 e. The number of aliphatic imine (C=N–C) groups is 1. The van der Waals surface area contributed by atoms with Crippen LogP contribution in [0.3, 0.4) is 0 Å². The van der Waals surface area contributed by atoms with E-state index in [-0.39, 0.29) is 0 Å². The molecule has 0 fully saturated rings. The Morgan fingerprint density at radius 1 is 1.13 bits per heavy atom. The van der Waals surface area contributed by atoms with E-state index in [1.807, 2.05) is 18.2 Å². The fraction of sp³-hybridized carbons (Fsp3) is 0.389. The summed E-state index contributed by atoms with van der Waals surface area (Å²) in [6, 6.07) is 14.9. The summed E-state index contributed by atoms with van der Waals surface area (Å²) in [5.41, 5.74) is 1.21. The summed E-state index contributed by atoms with van der Waals surface area (Å²) in [4.78, 5) is 8.27. The standard InChI is InChI=1S/C18H26N4S/c1-4-19-18(20-13-15-9-6-5-7-10-15)21-14-16(22(2)3)17-11-8-12-23-17/h5-12,16H,4,13-14H2,1-3H3,(H2,19,20,21). The van der Waals surface area contributed by atoms with E-state index in [2.05, 4.69) is 71.2 Å². The molecule has 0 aliphatic rings. The largest absolute Gasteiger partial charge is 0.357 e. The molecule has 1 unspecified atom stereocenters. The molecule has 0 radical (unpaired) electrons. The number of hydrogen-bond donors (Lipinski definition) is 2. The lowest BCUT2D eigenvalue weighted by Gasteiger charge is -2.24. The van der Waals surface area contributed by atoms with Crippen molar-refractivity contribution in [1.82, 2.24) is 15.5 Å². The van der Waals surface area contributed by atoms with Crippen molar-refractivity contribution in [3.8, 4) is 0 Å². The first-order chi connectivity index (χ1) is 11.2. The second kappa shape index (κ2) is 9.33. The van der Waals surface area contributed by atoms with Crippen LogP contribution in [0.25, 0.3) is 0 Å². The van der Waals surface area contributed by atoms with Gasteiger partial charge in [-0.05, 0) is 38.0 Å². The van der Waals surface area contributed by atoms with Crippen LogP contribution >= 0.6 is 11.3 Å². The molecule has 124 valence electrons. The number of likely N-dealkylation sites (N-methyl/N-ethyl adjacent to an activating group) is 1. The van der Waals surface area contributed by atoms with E-state index in [9.17, 15) is 0 Å². The maximum atomic E-state index is 4.68. The summed E-state index contributed by atoms with van der Waals surface area (Å²) in [5.74, 6) is 0.861. The third-order valence-electron chi connectivity index (χ3n) is 3.56. The van der Waals surface area contributed by atoms with Crippen LogP contribution in [0.1, 0.15) is 23.4 Å². The van der Waals surface area contributed by atoms with Gasteiger partial charge in [0.25, 0.3) is 0 Å². The minimum atomic E-state index is 0.343. The zero-order valence-corrected chi connectivity index (χ0v) is 14.9. The second-order valence-corrected chi connectivity index (χ2v) is 6.54. The number of hydrogen-bond acceptors (Lipinski definition) is 3. The van der Waals surface area contributed by atoms with Gasteiger partial charge in [0.2, 0.25) is 0 Å². The summed E-state index contributed by atoms with van der Waals surface area (Å²) in [6.45, 7) is 4.45. The first-order valence-corrected chi connectivity index (χ1v) is 8.84. The van der Waals surface area contributed by atoms with Crippen molar-refractivity contribution in [3.05, 3.63) is 58.3 Å². The zero-order valence-electron chi connectivity index (χ0n) is 14.1. The molecule has 0 bridgehead atoms. The Morgan fingerprint density at radius 3 is 2.52 bits per heavy atom. The molecule has 1 aromatic heterocycles. The maximum Gasteiger partial charge on any atom is 0.191 e. The number of nitrogens with one attached hydrogen (secondary N) is 2. The highest BCUT2D eigenvalue weighted by atomic mass is 32.1. The van der Waals surface area contributed by atoms with E-state index >= 15 is 0 Å². The van der Waals surface area contributed by atoms with E-state index < -0.39 is 0 Å². The van der Waals surface area contributed by atoms with Crippen LogP contribution in [-0.2, 0) is 6.54 Å². The van der Waals surface area contributed by atoms with Crippen LogP contribution in [0.4, 0.5) is 0 Å². The van der Waals surface area contributed by atoms with Crippen molar-refractivity contribution in [3.63, 3.8) is 0 Å². The monoisotopic (exact) mass is 330 g/mol. The van der Waals surface area contributed by atoms with Crippen LogP contribution in [-0.4, -0.2) is 38.0 Å². The van der Waals surface area contributed by atoms with Crippen LogP contribution in [0.15, 0.2) is 52.8 Å². The highest BCUT2D eigenvalue weighted by Gasteiger charge is 2.15. The van der Waals surface area contributed by atoms with Gasteiger partial charge in [0.1, 0.15) is 0 Å². The summed E-state index contributed by atoms with van der Waals surface area (Å²) in [7, 11) is 4.22. The van der Waals surface area contributed by atoms with Crippen LogP contribution < -0.4 is 10.6 Å². The minimum absolute atomic E-state index is 0.343. The Labute approximate surface area is 143 Å². The van der Waals surface area contributed by atoms with Crippen molar-refractivity contribution in [1.29, 1.82) is 0 Å². The van der Waals surface area contributed by atoms with Crippen LogP contribution in [0.2, 0.25) is 0 Å². The molecule has 0 saturated heterocycles. The second-order valence-electron chi connectivity index (χ2n) is 5.56. The highest BCUT2D eigenvalue weighted by Crippen LogP contribution is 2.22. The Kier molecular flexibility index (Phi) is 7.10. The average molecular weight is 331 g/mol. The first-order valence-electron chi connectivity index (χ1n) is 7.96. The summed E-state index contributed by atoms with van der Waals surface area (Å²) >= 11 is 1.79. The van der Waals surface area contributed by atoms with Crippen molar-refractivity contribution >= 4 is 17.3 Å². The summed E-state index contributed by atoms with van der Waals surface area (Å²) in [5, 5.41) is 8.91. The molecule has 0 aliphatic carbocycles. The Morgan fingerprint density at radius 2 is 1.91 bits per heavy atom. The molecule has 2 N–H and O–H groups in total. The van der Waals surface area contributed by atoms with E-state index in [0.29, 0.717) is 12.6 Å². The first kappa shape index (κ1) is 17.5. The fourth-order valence-corrected chi connectivity index (χ4v) is 3.23. The van der Waals surface area contributed by atoms with Crippen molar-refractivity contribution in [2.75, 3.05) is 27.2 Å². The Bertz CT molecular complexity index is 578. The molecule has 23 heavy (non-hydrogen) atoms. The molecule has 4 nitrogen and oxygen atoms in total. The molecule has 2 rings (SSSR count). The topological polar surface area (TPSA) is 39.7 Å². The van der Waals surface area contributed by atoms with Gasteiger partial charge in [-0.2, -0.15) is 0 Å². The molecule has 1 heterocycles. The molecule has 0 amide bonds. The number of benzene rings is 1. The normalized spacial score (nSPS) is 13.1. The van der Waals surface area contributed by atoms with E-state index in [0.717, 1.165) is 19.0 Å². The summed E-state index contributed by atoms with van der Waals surface area (Å²) < 4.78 is 0. The van der Waals surface area contributed by atoms with Crippen molar-refractivity contribution < 1.29 is 0 Å². The third-order valence-corrected chi connectivity index (χ3v) is 4.54. The number of guanidine groups is 1. The Hall–Kier alpha value is -1.85. The number of nitrogens with zero attached hydrogens (tertiary/aromatic N) is 2. The SMILES string of the molecule is CCNC(=NCc1ccccc1)NCC(c1cccs1)N(C)C. The van der Waals surface area contributed by atoms with E-state index in [1.54, 1.807) is 11.3 Å². The van der Waals surface area contributed by atoms with Gasteiger partial charge in [-0.25, -0.2) is 4.99 Å². The van der Waals surface area contributed by atoms with Gasteiger partial charge < -0.3 is 15.5 Å². The van der Waals surface area contributed by atoms with Gasteiger partial charge in [-0.1, -0.05) is 36.4 Å². The van der Waals surface area contributed by atoms with Crippen molar-refractivity contribution in [2.24, 2.45) is 4.99 Å². The fourth-order valence-electron chi connectivity index (χ4n) is 2.31. The van der Waals surface area contributed by atoms with E-state index in [4.69, 9.17) is 0 Å². The Balaban J connectivity index is 1.98. The van der Waals surface area contributed by atoms with Gasteiger partial charge in [-0.3, -0.25) is 0 Å². The van der Waals surface area contributed by atoms with Crippen LogP contribution in [0.5, 0.6) is 0 Å².